The molecule has 0 spiro atoms. The monoisotopic (exact) mass is 432 g/mol. The van der Waals surface area contributed by atoms with Gasteiger partial charge in [-0.15, -0.1) is 0 Å². The summed E-state index contributed by atoms with van der Waals surface area (Å²) < 4.78 is 27.5. The summed E-state index contributed by atoms with van der Waals surface area (Å²) in [7, 11) is 2.93. The summed E-state index contributed by atoms with van der Waals surface area (Å²) in [5, 5.41) is 9.12. The number of benzene rings is 2. The Labute approximate surface area is 183 Å². The van der Waals surface area contributed by atoms with Crippen LogP contribution in [0.3, 0.4) is 0 Å². The maximum absolute atomic E-state index is 11.1. The third-order valence-electron chi connectivity index (χ3n) is 4.61. The first-order valence-electron chi connectivity index (χ1n) is 10.5. The van der Waals surface area contributed by atoms with E-state index in [1.165, 1.54) is 7.11 Å². The molecule has 0 bridgehead atoms. The van der Waals surface area contributed by atoms with Crippen molar-refractivity contribution in [3.63, 3.8) is 0 Å². The van der Waals surface area contributed by atoms with E-state index in [1.54, 1.807) is 19.2 Å². The number of hydrogen-bond acceptors (Lipinski definition) is 6. The first kappa shape index (κ1) is 24.3. The summed E-state index contributed by atoms with van der Waals surface area (Å²) in [6.07, 6.45) is 2.20. The van der Waals surface area contributed by atoms with Gasteiger partial charge >= 0.3 is 5.97 Å². The molecule has 0 radical (unpaired) electrons. The highest BCUT2D eigenvalue weighted by atomic mass is 16.5. The number of aliphatic carboxylic acids is 1. The number of unbranched alkanes of at least 4 members (excludes halogenated alkanes) is 1. The van der Waals surface area contributed by atoms with Crippen LogP contribution in [0.2, 0.25) is 0 Å². The first-order chi connectivity index (χ1) is 15.1. The second-order valence-electron chi connectivity index (χ2n) is 6.98. The van der Waals surface area contributed by atoms with Gasteiger partial charge < -0.3 is 28.8 Å². The van der Waals surface area contributed by atoms with Gasteiger partial charge in [0.15, 0.2) is 17.6 Å². The van der Waals surface area contributed by atoms with Gasteiger partial charge in [-0.2, -0.15) is 0 Å². The van der Waals surface area contributed by atoms with Gasteiger partial charge in [0.25, 0.3) is 0 Å². The minimum atomic E-state index is -1.000. The van der Waals surface area contributed by atoms with Gasteiger partial charge in [0.1, 0.15) is 11.5 Å². The topological polar surface area (TPSA) is 83.5 Å². The molecule has 7 nitrogen and oxygen atoms in total. The fraction of sp³-hybridized carbons (Fsp3) is 0.458. The van der Waals surface area contributed by atoms with Crippen LogP contribution in [0.25, 0.3) is 0 Å². The minimum Gasteiger partial charge on any atom is -0.494 e. The fourth-order valence-electron chi connectivity index (χ4n) is 2.84. The summed E-state index contributed by atoms with van der Waals surface area (Å²) in [6.45, 7) is 3.84. The predicted molar refractivity (Wildman–Crippen MR) is 118 cm³/mol. The Hall–Kier alpha value is -2.93. The standard InChI is InChI=1S/C24H32O7/c1-4-5-13-29-19-8-10-20(11-9-19)30-14-6-15-31-21-12-7-18(16-22(21)27-2)17-23(28-3)24(25)26/h7-12,16,23H,4-6,13-15,17H2,1-3H3,(H,25,26)/t23-/m0/s1. The summed E-state index contributed by atoms with van der Waals surface area (Å²) >= 11 is 0. The SMILES string of the molecule is CCCCOc1ccc(OCCCOc2ccc(C[C@H](OC)C(=O)O)cc2OC)cc1. The highest BCUT2D eigenvalue weighted by molar-refractivity contribution is 5.72. The van der Waals surface area contributed by atoms with Crippen molar-refractivity contribution >= 4 is 5.97 Å². The van der Waals surface area contributed by atoms with Gasteiger partial charge in [-0.05, 0) is 48.4 Å². The van der Waals surface area contributed by atoms with E-state index in [-0.39, 0.29) is 6.42 Å². The molecule has 7 heteroatoms. The third-order valence-corrected chi connectivity index (χ3v) is 4.61. The van der Waals surface area contributed by atoms with Crippen molar-refractivity contribution in [2.24, 2.45) is 0 Å². The zero-order valence-corrected chi connectivity index (χ0v) is 18.5. The maximum Gasteiger partial charge on any atom is 0.333 e. The minimum absolute atomic E-state index is 0.249. The van der Waals surface area contributed by atoms with Crippen LogP contribution in [0.1, 0.15) is 31.7 Å². The molecule has 0 aliphatic rings. The van der Waals surface area contributed by atoms with Crippen molar-refractivity contribution < 1.29 is 33.6 Å². The van der Waals surface area contributed by atoms with Crippen LogP contribution in [0.4, 0.5) is 0 Å². The average molecular weight is 433 g/mol. The largest absolute Gasteiger partial charge is 0.494 e. The molecule has 2 rings (SSSR count). The molecule has 1 atom stereocenters. The molecular weight excluding hydrogens is 400 g/mol. The summed E-state index contributed by atoms with van der Waals surface area (Å²) in [5.74, 6) is 1.79. The van der Waals surface area contributed by atoms with Gasteiger partial charge in [0.05, 0.1) is 26.9 Å². The van der Waals surface area contributed by atoms with E-state index < -0.39 is 12.1 Å². The molecule has 0 amide bonds. The number of carboxylic acids is 1. The van der Waals surface area contributed by atoms with Crippen LogP contribution in [0, 0.1) is 0 Å². The Kier molecular flexibility index (Phi) is 10.5. The molecule has 2 aromatic carbocycles. The van der Waals surface area contributed by atoms with Crippen molar-refractivity contribution in [2.45, 2.75) is 38.7 Å². The Morgan fingerprint density at radius 2 is 1.48 bits per heavy atom. The number of rotatable bonds is 15. The number of carbonyl (C=O) groups is 1. The predicted octanol–water partition coefficient (Wildman–Crippen LogP) is 4.36. The molecule has 0 unspecified atom stereocenters. The molecule has 0 aliphatic carbocycles. The van der Waals surface area contributed by atoms with Crippen molar-refractivity contribution in [1.82, 2.24) is 0 Å². The fourth-order valence-corrected chi connectivity index (χ4v) is 2.84. The quantitative estimate of drug-likeness (QED) is 0.419. The van der Waals surface area contributed by atoms with Crippen LogP contribution >= 0.6 is 0 Å². The Morgan fingerprint density at radius 3 is 2.03 bits per heavy atom. The lowest BCUT2D eigenvalue weighted by Gasteiger charge is -2.14. The van der Waals surface area contributed by atoms with Crippen LogP contribution in [0.15, 0.2) is 42.5 Å². The average Bonchev–Trinajstić information content (AvgIpc) is 2.78. The molecule has 0 saturated heterocycles. The van der Waals surface area contributed by atoms with E-state index in [9.17, 15) is 4.79 Å². The zero-order valence-electron chi connectivity index (χ0n) is 18.5. The summed E-state index contributed by atoms with van der Waals surface area (Å²) in [4.78, 5) is 11.1. The van der Waals surface area contributed by atoms with Crippen LogP contribution in [-0.4, -0.2) is 51.2 Å². The molecule has 170 valence electrons. The maximum atomic E-state index is 11.1. The van der Waals surface area contributed by atoms with E-state index >= 15 is 0 Å². The number of hydrogen-bond donors (Lipinski definition) is 1. The molecule has 1 N–H and O–H groups in total. The molecular formula is C24H32O7. The molecule has 0 aliphatic heterocycles. The van der Waals surface area contributed by atoms with Crippen LogP contribution in [0.5, 0.6) is 23.0 Å². The molecule has 2 aromatic rings. The van der Waals surface area contributed by atoms with Gasteiger partial charge in [0, 0.05) is 20.0 Å². The summed E-state index contributed by atoms with van der Waals surface area (Å²) in [6, 6.07) is 13.0. The third kappa shape index (κ3) is 8.38. The summed E-state index contributed by atoms with van der Waals surface area (Å²) in [5.41, 5.74) is 0.795. The lowest BCUT2D eigenvalue weighted by Crippen LogP contribution is -2.24. The Balaban J connectivity index is 1.75. The van der Waals surface area contributed by atoms with E-state index in [1.807, 2.05) is 30.3 Å². The van der Waals surface area contributed by atoms with Gasteiger partial charge in [-0.1, -0.05) is 19.4 Å². The normalized spacial score (nSPS) is 11.6. The lowest BCUT2D eigenvalue weighted by atomic mass is 10.1. The molecule has 31 heavy (non-hydrogen) atoms. The second kappa shape index (κ2) is 13.4. The number of carboxylic acid groups (broad SMARTS) is 1. The van der Waals surface area contributed by atoms with E-state index in [0.717, 1.165) is 36.5 Å². The first-order valence-corrected chi connectivity index (χ1v) is 10.5. The van der Waals surface area contributed by atoms with Crippen LogP contribution < -0.4 is 18.9 Å². The molecule has 0 fully saturated rings. The lowest BCUT2D eigenvalue weighted by molar-refractivity contribution is -0.148. The van der Waals surface area contributed by atoms with Gasteiger partial charge in [0.2, 0.25) is 0 Å². The van der Waals surface area contributed by atoms with Crippen molar-refractivity contribution in [1.29, 1.82) is 0 Å². The Bertz CT molecular complexity index is 789. The zero-order chi connectivity index (χ0) is 22.5. The number of methoxy groups -OCH3 is 2. The van der Waals surface area contributed by atoms with E-state index in [2.05, 4.69) is 6.92 Å². The van der Waals surface area contributed by atoms with Gasteiger partial charge in [-0.3, -0.25) is 0 Å². The molecule has 0 heterocycles. The number of ether oxygens (including phenoxy) is 5. The van der Waals surface area contributed by atoms with Gasteiger partial charge in [-0.25, -0.2) is 4.79 Å². The highest BCUT2D eigenvalue weighted by Crippen LogP contribution is 2.29. The highest BCUT2D eigenvalue weighted by Gasteiger charge is 2.18. The van der Waals surface area contributed by atoms with Crippen molar-refractivity contribution in [3.05, 3.63) is 48.0 Å². The Morgan fingerprint density at radius 1 is 0.871 bits per heavy atom. The van der Waals surface area contributed by atoms with Crippen LogP contribution in [-0.2, 0) is 16.0 Å². The van der Waals surface area contributed by atoms with Crippen molar-refractivity contribution in [3.8, 4) is 23.0 Å². The second-order valence-corrected chi connectivity index (χ2v) is 6.98. The molecule has 0 aromatic heterocycles. The molecule has 0 saturated carbocycles. The van der Waals surface area contributed by atoms with E-state index in [0.29, 0.717) is 31.1 Å². The smallest absolute Gasteiger partial charge is 0.333 e. The van der Waals surface area contributed by atoms with E-state index in [4.69, 9.17) is 28.8 Å². The van der Waals surface area contributed by atoms with Crippen molar-refractivity contribution in [2.75, 3.05) is 34.0 Å².